The standard InChI is InChI=1S/C15H17N5O/c1-15(2,11-6-4-3-5-7-11)9-16-12-8-13-18-19-14(21)20(13)10-17-12/h3-8,10,16H,9H2,1-2H3,(H,19,21). The number of nitrogens with zero attached hydrogens (tertiary/aromatic N) is 3. The van der Waals surface area contributed by atoms with Gasteiger partial charge in [0.1, 0.15) is 12.1 Å². The number of hydrogen-bond acceptors (Lipinski definition) is 4. The Bertz CT molecular complexity index is 804. The van der Waals surface area contributed by atoms with Crippen LogP contribution in [0, 0.1) is 0 Å². The van der Waals surface area contributed by atoms with Crippen LogP contribution in [-0.4, -0.2) is 26.1 Å². The summed E-state index contributed by atoms with van der Waals surface area (Å²) in [5.41, 5.74) is 1.50. The van der Waals surface area contributed by atoms with Crippen LogP contribution in [0.4, 0.5) is 5.82 Å². The van der Waals surface area contributed by atoms with Crippen molar-refractivity contribution in [2.24, 2.45) is 0 Å². The number of hydrogen-bond donors (Lipinski definition) is 2. The van der Waals surface area contributed by atoms with Crippen LogP contribution in [0.15, 0.2) is 47.5 Å². The second-order valence-corrected chi connectivity index (χ2v) is 5.63. The second-order valence-electron chi connectivity index (χ2n) is 5.63. The Morgan fingerprint density at radius 3 is 2.81 bits per heavy atom. The van der Waals surface area contributed by atoms with Crippen LogP contribution in [0.5, 0.6) is 0 Å². The van der Waals surface area contributed by atoms with Gasteiger partial charge in [0.15, 0.2) is 5.65 Å². The highest BCUT2D eigenvalue weighted by molar-refractivity contribution is 5.48. The van der Waals surface area contributed by atoms with E-state index in [4.69, 9.17) is 0 Å². The summed E-state index contributed by atoms with van der Waals surface area (Å²) in [5.74, 6) is 0.700. The minimum atomic E-state index is -0.284. The van der Waals surface area contributed by atoms with Gasteiger partial charge in [-0.1, -0.05) is 44.2 Å². The molecule has 0 aliphatic carbocycles. The summed E-state index contributed by atoms with van der Waals surface area (Å²) >= 11 is 0. The molecule has 3 rings (SSSR count). The van der Waals surface area contributed by atoms with Gasteiger partial charge in [-0.3, -0.25) is 0 Å². The fourth-order valence-corrected chi connectivity index (χ4v) is 2.21. The molecule has 3 aromatic rings. The number of aromatic nitrogens is 4. The van der Waals surface area contributed by atoms with Crippen molar-refractivity contribution in [2.45, 2.75) is 19.3 Å². The molecule has 6 nitrogen and oxygen atoms in total. The molecule has 0 radical (unpaired) electrons. The maximum atomic E-state index is 11.4. The average molecular weight is 283 g/mol. The third-order valence-electron chi connectivity index (χ3n) is 3.58. The highest BCUT2D eigenvalue weighted by atomic mass is 16.1. The highest BCUT2D eigenvalue weighted by Crippen LogP contribution is 2.23. The summed E-state index contributed by atoms with van der Waals surface area (Å²) in [6, 6.07) is 12.1. The summed E-state index contributed by atoms with van der Waals surface area (Å²) in [4.78, 5) is 15.6. The van der Waals surface area contributed by atoms with Crippen molar-refractivity contribution in [3.63, 3.8) is 0 Å². The van der Waals surface area contributed by atoms with E-state index < -0.39 is 0 Å². The van der Waals surface area contributed by atoms with Crippen LogP contribution in [0.1, 0.15) is 19.4 Å². The lowest BCUT2D eigenvalue weighted by molar-refractivity contribution is 0.556. The van der Waals surface area contributed by atoms with Gasteiger partial charge in [-0.15, -0.1) is 0 Å². The topological polar surface area (TPSA) is 75.1 Å². The number of rotatable bonds is 4. The fraction of sp³-hybridized carbons (Fsp3) is 0.267. The zero-order valence-corrected chi connectivity index (χ0v) is 12.0. The smallest absolute Gasteiger partial charge is 0.348 e. The first-order valence-corrected chi connectivity index (χ1v) is 6.78. The lowest BCUT2D eigenvalue weighted by Crippen LogP contribution is -2.28. The minimum absolute atomic E-state index is 0.0275. The third-order valence-corrected chi connectivity index (χ3v) is 3.58. The van der Waals surface area contributed by atoms with Crippen molar-refractivity contribution in [1.29, 1.82) is 0 Å². The van der Waals surface area contributed by atoms with Gasteiger partial charge >= 0.3 is 5.69 Å². The third kappa shape index (κ3) is 2.65. The summed E-state index contributed by atoms with van der Waals surface area (Å²) in [7, 11) is 0. The van der Waals surface area contributed by atoms with Gasteiger partial charge in [0.2, 0.25) is 0 Å². The lowest BCUT2D eigenvalue weighted by atomic mass is 9.85. The number of nitrogens with one attached hydrogen (secondary N) is 2. The largest absolute Gasteiger partial charge is 0.369 e. The van der Waals surface area contributed by atoms with Crippen LogP contribution in [0.25, 0.3) is 5.65 Å². The Morgan fingerprint density at radius 2 is 2.05 bits per heavy atom. The number of fused-ring (bicyclic) bond motifs is 1. The first-order valence-electron chi connectivity index (χ1n) is 6.78. The number of H-pyrrole nitrogens is 1. The number of anilines is 1. The Hall–Kier alpha value is -2.63. The zero-order valence-electron chi connectivity index (χ0n) is 12.0. The van der Waals surface area contributed by atoms with Crippen molar-refractivity contribution in [1.82, 2.24) is 19.6 Å². The van der Waals surface area contributed by atoms with E-state index in [1.165, 1.54) is 16.3 Å². The van der Waals surface area contributed by atoms with Crippen LogP contribution in [-0.2, 0) is 5.41 Å². The predicted molar refractivity (Wildman–Crippen MR) is 81.6 cm³/mol. The highest BCUT2D eigenvalue weighted by Gasteiger charge is 2.20. The molecule has 0 fully saturated rings. The second kappa shape index (κ2) is 5.05. The molecule has 0 atom stereocenters. The van der Waals surface area contributed by atoms with Crippen molar-refractivity contribution < 1.29 is 0 Å². The molecule has 1 aromatic carbocycles. The molecule has 21 heavy (non-hydrogen) atoms. The van der Waals surface area contributed by atoms with Gasteiger partial charge in [0, 0.05) is 18.0 Å². The Kier molecular flexibility index (Phi) is 3.21. The van der Waals surface area contributed by atoms with Gasteiger partial charge in [-0.25, -0.2) is 19.3 Å². The van der Waals surface area contributed by atoms with Crippen molar-refractivity contribution in [2.75, 3.05) is 11.9 Å². The van der Waals surface area contributed by atoms with E-state index in [-0.39, 0.29) is 11.1 Å². The Morgan fingerprint density at radius 1 is 1.29 bits per heavy atom. The monoisotopic (exact) mass is 283 g/mol. The molecule has 0 amide bonds. The molecule has 0 saturated carbocycles. The first kappa shape index (κ1) is 13.4. The normalized spacial score (nSPS) is 11.7. The van der Waals surface area contributed by atoms with Gasteiger partial charge < -0.3 is 5.32 Å². The zero-order chi connectivity index (χ0) is 14.9. The van der Waals surface area contributed by atoms with Gasteiger partial charge in [-0.2, -0.15) is 5.10 Å². The predicted octanol–water partition coefficient (Wildman–Crippen LogP) is 1.81. The van der Waals surface area contributed by atoms with Crippen molar-refractivity contribution >= 4 is 11.5 Å². The maximum absolute atomic E-state index is 11.4. The lowest BCUT2D eigenvalue weighted by Gasteiger charge is -2.25. The molecule has 0 saturated heterocycles. The van der Waals surface area contributed by atoms with Crippen molar-refractivity contribution in [3.8, 4) is 0 Å². The summed E-state index contributed by atoms with van der Waals surface area (Å²) < 4.78 is 1.37. The van der Waals surface area contributed by atoms with Gasteiger partial charge in [0.05, 0.1) is 0 Å². The molecule has 0 aliphatic heterocycles. The SMILES string of the molecule is CC(C)(CNc1cc2n[nH]c(=O)n2cn1)c1ccccc1. The van der Waals surface area contributed by atoms with Crippen LogP contribution >= 0.6 is 0 Å². The molecular weight excluding hydrogens is 266 g/mol. The molecule has 6 heteroatoms. The summed E-state index contributed by atoms with van der Waals surface area (Å²) in [6.45, 7) is 5.08. The fourth-order valence-electron chi connectivity index (χ4n) is 2.21. The van der Waals surface area contributed by atoms with Crippen LogP contribution in [0.2, 0.25) is 0 Å². The maximum Gasteiger partial charge on any atom is 0.348 e. The van der Waals surface area contributed by atoms with Crippen LogP contribution < -0.4 is 11.0 Å². The number of benzene rings is 1. The Balaban J connectivity index is 1.78. The van der Waals surface area contributed by atoms with Crippen LogP contribution in [0.3, 0.4) is 0 Å². The van der Waals surface area contributed by atoms with E-state index in [0.717, 1.165) is 6.54 Å². The van der Waals surface area contributed by atoms with E-state index in [1.54, 1.807) is 6.07 Å². The molecule has 0 bridgehead atoms. The Labute approximate surface area is 121 Å². The molecule has 0 aliphatic rings. The van der Waals surface area contributed by atoms with E-state index in [0.29, 0.717) is 11.5 Å². The summed E-state index contributed by atoms with van der Waals surface area (Å²) in [5, 5.41) is 9.62. The summed E-state index contributed by atoms with van der Waals surface area (Å²) in [6.07, 6.45) is 1.47. The average Bonchev–Trinajstić information content (AvgIpc) is 2.87. The van der Waals surface area contributed by atoms with E-state index >= 15 is 0 Å². The van der Waals surface area contributed by atoms with Gasteiger partial charge in [0.25, 0.3) is 0 Å². The molecule has 2 N–H and O–H groups in total. The molecule has 108 valence electrons. The first-order chi connectivity index (χ1) is 10.1. The van der Waals surface area contributed by atoms with Crippen molar-refractivity contribution in [3.05, 3.63) is 58.8 Å². The van der Waals surface area contributed by atoms with E-state index in [1.807, 2.05) is 18.2 Å². The van der Waals surface area contributed by atoms with E-state index in [2.05, 4.69) is 46.5 Å². The molecule has 2 aromatic heterocycles. The molecule has 2 heterocycles. The molecular formula is C15H17N5O. The molecule has 0 unspecified atom stereocenters. The van der Waals surface area contributed by atoms with E-state index in [9.17, 15) is 4.79 Å². The minimum Gasteiger partial charge on any atom is -0.369 e. The quantitative estimate of drug-likeness (QED) is 0.765. The number of aromatic amines is 1. The van der Waals surface area contributed by atoms with Gasteiger partial charge in [-0.05, 0) is 5.56 Å². The molecule has 0 spiro atoms.